The van der Waals surface area contributed by atoms with Gasteiger partial charge in [0.25, 0.3) is 0 Å². The number of methoxy groups -OCH3 is 2. The summed E-state index contributed by atoms with van der Waals surface area (Å²) in [7, 11) is 3.15. The first-order chi connectivity index (χ1) is 9.63. The second kappa shape index (κ2) is 6.35. The smallest absolute Gasteiger partial charge is 0.303 e. The van der Waals surface area contributed by atoms with Crippen LogP contribution in [0.3, 0.4) is 0 Å². The fourth-order valence-electron chi connectivity index (χ4n) is 2.29. The Labute approximate surface area is 126 Å². The molecule has 0 bridgehead atoms. The van der Waals surface area contributed by atoms with Crippen LogP contribution in [0.1, 0.15) is 32.8 Å². The molecule has 21 heavy (non-hydrogen) atoms. The van der Waals surface area contributed by atoms with E-state index in [-0.39, 0.29) is 6.42 Å². The lowest BCUT2D eigenvalue weighted by Gasteiger charge is -2.41. The number of benzene rings is 1. The lowest BCUT2D eigenvalue weighted by atomic mass is 9.67. The molecule has 0 aromatic heterocycles. The third kappa shape index (κ3) is 4.11. The maximum atomic E-state index is 11.2. The van der Waals surface area contributed by atoms with Gasteiger partial charge < -0.3 is 20.3 Å². The molecule has 0 saturated carbocycles. The molecular weight excluding hydrogens is 270 g/mol. The summed E-state index contributed by atoms with van der Waals surface area (Å²) in [4.78, 5) is 11.2. The van der Waals surface area contributed by atoms with E-state index in [1.54, 1.807) is 14.2 Å². The maximum absolute atomic E-state index is 11.2. The SMILES string of the molecule is COc1ccc(CC(C)(CC(=O)O)C(C)(C)N)cc1OC. The Morgan fingerprint density at radius 1 is 1.19 bits per heavy atom. The number of carbonyl (C=O) groups is 1. The highest BCUT2D eigenvalue weighted by Gasteiger charge is 2.40. The Hall–Kier alpha value is -1.75. The van der Waals surface area contributed by atoms with E-state index < -0.39 is 16.9 Å². The maximum Gasteiger partial charge on any atom is 0.303 e. The van der Waals surface area contributed by atoms with E-state index in [0.717, 1.165) is 5.56 Å². The summed E-state index contributed by atoms with van der Waals surface area (Å²) in [6, 6.07) is 5.59. The predicted octanol–water partition coefficient (Wildman–Crippen LogP) is 2.46. The average molecular weight is 295 g/mol. The molecular formula is C16H25NO4. The number of carboxylic acids is 1. The zero-order valence-corrected chi connectivity index (χ0v) is 13.4. The van der Waals surface area contributed by atoms with Gasteiger partial charge in [0, 0.05) is 5.54 Å². The van der Waals surface area contributed by atoms with Crippen LogP contribution in [0.15, 0.2) is 18.2 Å². The van der Waals surface area contributed by atoms with Crippen molar-refractivity contribution in [1.82, 2.24) is 0 Å². The molecule has 0 aliphatic rings. The van der Waals surface area contributed by atoms with Crippen molar-refractivity contribution >= 4 is 5.97 Å². The lowest BCUT2D eigenvalue weighted by molar-refractivity contribution is -0.140. The number of aliphatic carboxylic acids is 1. The molecule has 3 N–H and O–H groups in total. The van der Waals surface area contributed by atoms with Crippen LogP contribution in [0, 0.1) is 5.41 Å². The minimum Gasteiger partial charge on any atom is -0.493 e. The third-order valence-corrected chi connectivity index (χ3v) is 4.14. The van der Waals surface area contributed by atoms with Crippen LogP contribution in [0.2, 0.25) is 0 Å². The third-order valence-electron chi connectivity index (χ3n) is 4.14. The minimum absolute atomic E-state index is 0.00481. The topological polar surface area (TPSA) is 81.8 Å². The normalized spacial score (nSPS) is 14.4. The molecule has 0 aliphatic carbocycles. The molecule has 0 aliphatic heterocycles. The van der Waals surface area contributed by atoms with E-state index >= 15 is 0 Å². The van der Waals surface area contributed by atoms with Crippen LogP contribution in [0.5, 0.6) is 11.5 Å². The molecule has 0 radical (unpaired) electrons. The van der Waals surface area contributed by atoms with Crippen molar-refractivity contribution in [1.29, 1.82) is 0 Å². The van der Waals surface area contributed by atoms with Crippen LogP contribution < -0.4 is 15.2 Å². The first-order valence-corrected chi connectivity index (χ1v) is 6.84. The summed E-state index contributed by atoms with van der Waals surface area (Å²) in [6.07, 6.45) is 0.550. The molecule has 118 valence electrons. The molecule has 1 atom stereocenters. The second-order valence-corrected chi connectivity index (χ2v) is 6.22. The van der Waals surface area contributed by atoms with Gasteiger partial charge in [-0.25, -0.2) is 0 Å². The van der Waals surface area contributed by atoms with Crippen LogP contribution in [0.4, 0.5) is 0 Å². The highest BCUT2D eigenvalue weighted by Crippen LogP contribution is 2.38. The van der Waals surface area contributed by atoms with E-state index in [0.29, 0.717) is 17.9 Å². The van der Waals surface area contributed by atoms with Crippen molar-refractivity contribution < 1.29 is 19.4 Å². The van der Waals surface area contributed by atoms with Crippen molar-refractivity contribution in [3.05, 3.63) is 23.8 Å². The van der Waals surface area contributed by atoms with E-state index in [9.17, 15) is 9.90 Å². The van der Waals surface area contributed by atoms with Gasteiger partial charge in [-0.05, 0) is 43.4 Å². The van der Waals surface area contributed by atoms with Gasteiger partial charge in [0.2, 0.25) is 0 Å². The minimum atomic E-state index is -0.850. The molecule has 0 saturated heterocycles. The summed E-state index contributed by atoms with van der Waals surface area (Å²) in [5.41, 5.74) is 5.99. The highest BCUT2D eigenvalue weighted by atomic mass is 16.5. The quantitative estimate of drug-likeness (QED) is 0.807. The highest BCUT2D eigenvalue weighted by molar-refractivity contribution is 5.68. The summed E-state index contributed by atoms with van der Waals surface area (Å²) < 4.78 is 10.5. The summed E-state index contributed by atoms with van der Waals surface area (Å²) in [6.45, 7) is 5.62. The predicted molar refractivity (Wildman–Crippen MR) is 81.9 cm³/mol. The zero-order valence-electron chi connectivity index (χ0n) is 13.4. The average Bonchev–Trinajstić information content (AvgIpc) is 2.36. The molecule has 1 aromatic carbocycles. The molecule has 5 nitrogen and oxygen atoms in total. The first-order valence-electron chi connectivity index (χ1n) is 6.84. The van der Waals surface area contributed by atoms with E-state index in [2.05, 4.69) is 0 Å². The van der Waals surface area contributed by atoms with Crippen molar-refractivity contribution in [2.24, 2.45) is 11.1 Å². The van der Waals surface area contributed by atoms with Gasteiger partial charge in [-0.1, -0.05) is 13.0 Å². The number of ether oxygens (including phenoxy) is 2. The molecule has 0 amide bonds. The summed E-state index contributed by atoms with van der Waals surface area (Å²) in [5.74, 6) is 0.423. The number of hydrogen-bond donors (Lipinski definition) is 2. The number of carboxylic acid groups (broad SMARTS) is 1. The molecule has 1 aromatic rings. The molecule has 1 unspecified atom stereocenters. The Bertz CT molecular complexity index is 507. The number of rotatable bonds is 7. The van der Waals surface area contributed by atoms with E-state index in [1.807, 2.05) is 39.0 Å². The lowest BCUT2D eigenvalue weighted by Crippen LogP contribution is -2.51. The van der Waals surface area contributed by atoms with E-state index in [4.69, 9.17) is 15.2 Å². The van der Waals surface area contributed by atoms with Gasteiger partial charge in [0.15, 0.2) is 11.5 Å². The Kier molecular flexibility index (Phi) is 5.23. The summed E-state index contributed by atoms with van der Waals surface area (Å²) >= 11 is 0. The Morgan fingerprint density at radius 3 is 2.19 bits per heavy atom. The fraction of sp³-hybridized carbons (Fsp3) is 0.562. The van der Waals surface area contributed by atoms with Gasteiger partial charge in [-0.15, -0.1) is 0 Å². The van der Waals surface area contributed by atoms with Gasteiger partial charge >= 0.3 is 5.97 Å². The molecule has 5 heteroatoms. The largest absolute Gasteiger partial charge is 0.493 e. The molecule has 0 heterocycles. The van der Waals surface area contributed by atoms with Crippen molar-refractivity contribution in [2.45, 2.75) is 39.2 Å². The van der Waals surface area contributed by atoms with Crippen molar-refractivity contribution in [3.63, 3.8) is 0 Å². The van der Waals surface area contributed by atoms with Crippen LogP contribution >= 0.6 is 0 Å². The monoisotopic (exact) mass is 295 g/mol. The van der Waals surface area contributed by atoms with Crippen LogP contribution in [-0.4, -0.2) is 30.8 Å². The Morgan fingerprint density at radius 2 is 1.76 bits per heavy atom. The Balaban J connectivity index is 3.12. The number of hydrogen-bond acceptors (Lipinski definition) is 4. The zero-order chi connectivity index (χ0) is 16.3. The van der Waals surface area contributed by atoms with Gasteiger partial charge in [-0.2, -0.15) is 0 Å². The van der Waals surface area contributed by atoms with Gasteiger partial charge in [0.1, 0.15) is 0 Å². The van der Waals surface area contributed by atoms with Crippen molar-refractivity contribution in [2.75, 3.05) is 14.2 Å². The van der Waals surface area contributed by atoms with Crippen LogP contribution in [0.25, 0.3) is 0 Å². The molecule has 0 fully saturated rings. The number of nitrogens with two attached hydrogens (primary N) is 1. The van der Waals surface area contributed by atoms with Gasteiger partial charge in [-0.3, -0.25) is 4.79 Å². The van der Waals surface area contributed by atoms with Crippen molar-refractivity contribution in [3.8, 4) is 11.5 Å². The summed E-state index contributed by atoms with van der Waals surface area (Å²) in [5, 5.41) is 9.17. The standard InChI is InChI=1S/C16H25NO4/c1-15(2,17)16(3,10-14(18)19)9-11-6-7-12(20-4)13(8-11)21-5/h6-8H,9-10,17H2,1-5H3,(H,18,19). The fourth-order valence-corrected chi connectivity index (χ4v) is 2.29. The first kappa shape index (κ1) is 17.3. The van der Waals surface area contributed by atoms with E-state index in [1.165, 1.54) is 0 Å². The second-order valence-electron chi connectivity index (χ2n) is 6.22. The molecule has 1 rings (SSSR count). The molecule has 0 spiro atoms. The van der Waals surface area contributed by atoms with Crippen LogP contribution in [-0.2, 0) is 11.2 Å². The van der Waals surface area contributed by atoms with Gasteiger partial charge in [0.05, 0.1) is 20.6 Å².